The van der Waals surface area contributed by atoms with E-state index in [2.05, 4.69) is 0 Å². The average molecular weight is 421 g/mol. The van der Waals surface area contributed by atoms with E-state index >= 15 is 0 Å². The zero-order valence-electron chi connectivity index (χ0n) is 18.2. The van der Waals surface area contributed by atoms with Crippen LogP contribution in [-0.4, -0.2) is 18.4 Å². The van der Waals surface area contributed by atoms with Crippen LogP contribution in [0.3, 0.4) is 0 Å². The van der Waals surface area contributed by atoms with Crippen LogP contribution < -0.4 is 0 Å². The number of ketones is 1. The first-order chi connectivity index (χ1) is 15.6. The molecular formula is C29H24O3. The van der Waals surface area contributed by atoms with Crippen molar-refractivity contribution < 1.29 is 14.3 Å². The highest BCUT2D eigenvalue weighted by Gasteiger charge is 2.66. The molecule has 0 aromatic heterocycles. The van der Waals surface area contributed by atoms with Gasteiger partial charge in [0.1, 0.15) is 0 Å². The summed E-state index contributed by atoms with van der Waals surface area (Å²) in [5.74, 6) is -1.06. The molecule has 0 saturated carbocycles. The van der Waals surface area contributed by atoms with E-state index in [0.29, 0.717) is 5.57 Å². The third-order valence-electron chi connectivity index (χ3n) is 6.60. The first-order valence-corrected chi connectivity index (χ1v) is 11.0. The molecule has 2 aliphatic rings. The fraction of sp³-hybridized carbons (Fsp3) is 0.172. The van der Waals surface area contributed by atoms with Gasteiger partial charge in [0.15, 0.2) is 11.2 Å². The molecule has 0 radical (unpaired) electrons. The van der Waals surface area contributed by atoms with E-state index in [9.17, 15) is 9.59 Å². The van der Waals surface area contributed by atoms with Crippen LogP contribution >= 0.6 is 0 Å². The van der Waals surface area contributed by atoms with Gasteiger partial charge >= 0.3 is 5.97 Å². The van der Waals surface area contributed by atoms with Gasteiger partial charge in [-0.2, -0.15) is 0 Å². The third kappa shape index (κ3) is 2.74. The van der Waals surface area contributed by atoms with Crippen molar-refractivity contribution in [2.45, 2.75) is 19.8 Å². The lowest BCUT2D eigenvalue weighted by atomic mass is 9.71. The van der Waals surface area contributed by atoms with E-state index in [-0.39, 0.29) is 12.4 Å². The smallest absolute Gasteiger partial charge is 0.325 e. The number of rotatable bonds is 4. The van der Waals surface area contributed by atoms with Gasteiger partial charge in [-0.1, -0.05) is 84.9 Å². The van der Waals surface area contributed by atoms with E-state index in [1.54, 1.807) is 6.92 Å². The summed E-state index contributed by atoms with van der Waals surface area (Å²) in [6.07, 6.45) is 1.98. The third-order valence-corrected chi connectivity index (χ3v) is 6.60. The maximum atomic E-state index is 14.1. The second-order valence-corrected chi connectivity index (χ2v) is 8.25. The number of hydrogen-bond acceptors (Lipinski definition) is 3. The lowest BCUT2D eigenvalue weighted by Crippen LogP contribution is -2.40. The molecule has 3 aromatic rings. The minimum atomic E-state index is -1.41. The summed E-state index contributed by atoms with van der Waals surface area (Å²) in [6, 6.07) is 27.7. The SMILES string of the molecule is CCOC(=O)[C@]12C(=O)C(C)=C(c3ccccc3)[C@H]1c1ccccc1/C2=C\c1ccccc1. The highest BCUT2D eigenvalue weighted by Crippen LogP contribution is 2.66. The molecule has 0 bridgehead atoms. The molecule has 3 nitrogen and oxygen atoms in total. The van der Waals surface area contributed by atoms with E-state index in [4.69, 9.17) is 4.74 Å². The van der Waals surface area contributed by atoms with Gasteiger partial charge in [-0.3, -0.25) is 9.59 Å². The molecule has 0 amide bonds. The van der Waals surface area contributed by atoms with Crippen molar-refractivity contribution in [2.75, 3.05) is 6.61 Å². The molecule has 0 aliphatic heterocycles. The molecule has 32 heavy (non-hydrogen) atoms. The Labute approximate surface area is 188 Å². The predicted octanol–water partition coefficient (Wildman–Crippen LogP) is 5.93. The summed E-state index contributed by atoms with van der Waals surface area (Å²) < 4.78 is 5.61. The van der Waals surface area contributed by atoms with Gasteiger partial charge in [-0.05, 0) is 58.9 Å². The average Bonchev–Trinajstić information content (AvgIpc) is 3.24. The summed E-state index contributed by atoms with van der Waals surface area (Å²) in [7, 11) is 0. The number of allylic oxidation sites excluding steroid dienone is 2. The van der Waals surface area contributed by atoms with E-state index in [0.717, 1.165) is 33.4 Å². The fourth-order valence-electron chi connectivity index (χ4n) is 5.33. The Balaban J connectivity index is 1.84. The van der Waals surface area contributed by atoms with Crippen LogP contribution in [0.1, 0.15) is 42.0 Å². The van der Waals surface area contributed by atoms with Crippen LogP contribution in [0.4, 0.5) is 0 Å². The predicted molar refractivity (Wildman–Crippen MR) is 127 cm³/mol. The summed E-state index contributed by atoms with van der Waals surface area (Å²) in [5.41, 5.74) is 4.68. The lowest BCUT2D eigenvalue weighted by Gasteiger charge is -2.29. The number of hydrogen-bond donors (Lipinski definition) is 0. The fourth-order valence-corrected chi connectivity index (χ4v) is 5.33. The zero-order chi connectivity index (χ0) is 22.3. The Hall–Kier alpha value is -3.72. The Bertz CT molecular complexity index is 1270. The molecule has 3 aromatic carbocycles. The van der Waals surface area contributed by atoms with Gasteiger partial charge in [-0.15, -0.1) is 0 Å². The summed E-state index contributed by atoms with van der Waals surface area (Å²) >= 11 is 0. The maximum absolute atomic E-state index is 14.1. The van der Waals surface area contributed by atoms with Crippen LogP contribution in [0.25, 0.3) is 17.2 Å². The lowest BCUT2D eigenvalue weighted by molar-refractivity contribution is -0.154. The molecule has 3 heteroatoms. The largest absolute Gasteiger partial charge is 0.465 e. The molecule has 0 spiro atoms. The van der Waals surface area contributed by atoms with Gasteiger partial charge < -0.3 is 4.74 Å². The molecule has 5 rings (SSSR count). The summed E-state index contributed by atoms with van der Waals surface area (Å²) in [5, 5.41) is 0. The molecular weight excluding hydrogens is 396 g/mol. The maximum Gasteiger partial charge on any atom is 0.325 e. The van der Waals surface area contributed by atoms with Crippen molar-refractivity contribution in [3.05, 3.63) is 113 Å². The van der Waals surface area contributed by atoms with Crippen molar-refractivity contribution in [3.63, 3.8) is 0 Å². The number of carbonyl (C=O) groups is 2. The molecule has 0 saturated heterocycles. The van der Waals surface area contributed by atoms with Gasteiger partial charge in [0.2, 0.25) is 0 Å². The van der Waals surface area contributed by atoms with Crippen molar-refractivity contribution >= 4 is 29.0 Å². The number of Topliss-reactive ketones (excluding diaryl/α,β-unsaturated/α-hetero) is 1. The quantitative estimate of drug-likeness (QED) is 0.388. The minimum absolute atomic E-state index is 0.168. The van der Waals surface area contributed by atoms with E-state index in [1.165, 1.54) is 0 Å². The Morgan fingerprint density at radius 1 is 0.938 bits per heavy atom. The normalized spacial score (nSPS) is 22.8. The standard InChI is InChI=1S/C29H24O3/c1-3-32-28(31)29-24(18-20-12-6-4-7-13-20)22-16-10-11-17-23(22)26(29)25(19(2)27(29)30)21-14-8-5-9-15-21/h4-18,26H,3H2,1-2H3/b24-18+/t26-,29+/m1/s1. The van der Waals surface area contributed by atoms with Crippen molar-refractivity contribution in [1.29, 1.82) is 0 Å². The number of esters is 1. The molecule has 0 fully saturated rings. The number of carbonyl (C=O) groups excluding carboxylic acids is 2. The van der Waals surface area contributed by atoms with Crippen LogP contribution in [-0.2, 0) is 14.3 Å². The van der Waals surface area contributed by atoms with Crippen LogP contribution in [0.2, 0.25) is 0 Å². The summed E-state index contributed by atoms with van der Waals surface area (Å²) in [4.78, 5) is 27.8. The first kappa shape index (κ1) is 20.2. The van der Waals surface area contributed by atoms with Gasteiger partial charge in [0.25, 0.3) is 0 Å². The molecule has 2 atom stereocenters. The molecule has 0 unspecified atom stereocenters. The highest BCUT2D eigenvalue weighted by atomic mass is 16.5. The van der Waals surface area contributed by atoms with Gasteiger partial charge in [0, 0.05) is 5.92 Å². The number of benzene rings is 3. The Morgan fingerprint density at radius 2 is 1.56 bits per heavy atom. The molecule has 158 valence electrons. The van der Waals surface area contributed by atoms with Crippen LogP contribution in [0, 0.1) is 5.41 Å². The Kier molecular flexibility index (Phi) is 4.90. The number of ether oxygens (including phenoxy) is 1. The first-order valence-electron chi connectivity index (χ1n) is 11.0. The van der Waals surface area contributed by atoms with Crippen molar-refractivity contribution in [1.82, 2.24) is 0 Å². The highest BCUT2D eigenvalue weighted by molar-refractivity contribution is 6.31. The molecule has 0 N–H and O–H groups in total. The zero-order valence-corrected chi connectivity index (χ0v) is 18.2. The minimum Gasteiger partial charge on any atom is -0.465 e. The van der Waals surface area contributed by atoms with Crippen LogP contribution in [0.5, 0.6) is 0 Å². The monoisotopic (exact) mass is 420 g/mol. The second-order valence-electron chi connectivity index (χ2n) is 8.25. The van der Waals surface area contributed by atoms with Crippen molar-refractivity contribution in [3.8, 4) is 0 Å². The van der Waals surface area contributed by atoms with Gasteiger partial charge in [-0.25, -0.2) is 0 Å². The molecule has 2 aliphatic carbocycles. The van der Waals surface area contributed by atoms with Crippen molar-refractivity contribution in [2.24, 2.45) is 5.41 Å². The molecule has 0 heterocycles. The summed E-state index contributed by atoms with van der Waals surface area (Å²) in [6.45, 7) is 3.84. The van der Waals surface area contributed by atoms with Crippen LogP contribution in [0.15, 0.2) is 90.5 Å². The Morgan fingerprint density at radius 3 is 2.25 bits per heavy atom. The van der Waals surface area contributed by atoms with E-state index < -0.39 is 17.3 Å². The van der Waals surface area contributed by atoms with Gasteiger partial charge in [0.05, 0.1) is 6.61 Å². The topological polar surface area (TPSA) is 43.4 Å². The number of fused-ring (bicyclic) bond motifs is 3. The second kappa shape index (κ2) is 7.76. The van der Waals surface area contributed by atoms with E-state index in [1.807, 2.05) is 97.9 Å².